The summed E-state index contributed by atoms with van der Waals surface area (Å²) in [5, 5.41) is 13.0. The van der Waals surface area contributed by atoms with Crippen LogP contribution in [0.3, 0.4) is 0 Å². The van der Waals surface area contributed by atoms with Crippen molar-refractivity contribution in [3.05, 3.63) is 56.5 Å². The maximum atomic E-state index is 9.65. The standard InChI is InChI=1S/C14H13Br2NO/c1-9-4-2-3-5-13(9)17-8-10-6-11(15)14(18)12(16)7-10/h2-7,17-18H,8H2,1H3. The number of hydrogen-bond acceptors (Lipinski definition) is 2. The molecule has 2 rings (SSSR count). The van der Waals surface area contributed by atoms with Crippen molar-refractivity contribution in [3.8, 4) is 5.75 Å². The van der Waals surface area contributed by atoms with E-state index in [0.717, 1.165) is 11.3 Å². The third-order valence-electron chi connectivity index (χ3n) is 2.70. The van der Waals surface area contributed by atoms with Gasteiger partial charge in [-0.25, -0.2) is 0 Å². The minimum absolute atomic E-state index is 0.231. The molecule has 0 aliphatic rings. The van der Waals surface area contributed by atoms with Crippen LogP contribution in [0, 0.1) is 6.92 Å². The van der Waals surface area contributed by atoms with E-state index >= 15 is 0 Å². The molecular formula is C14H13Br2NO. The molecule has 4 heteroatoms. The highest BCUT2D eigenvalue weighted by Gasteiger charge is 2.06. The van der Waals surface area contributed by atoms with Crippen molar-refractivity contribution in [1.29, 1.82) is 0 Å². The molecule has 18 heavy (non-hydrogen) atoms. The number of phenols is 1. The van der Waals surface area contributed by atoms with E-state index in [0.29, 0.717) is 15.5 Å². The summed E-state index contributed by atoms with van der Waals surface area (Å²) in [6.45, 7) is 2.79. The SMILES string of the molecule is Cc1ccccc1NCc1cc(Br)c(O)c(Br)c1. The van der Waals surface area contributed by atoms with Crippen molar-refractivity contribution in [2.75, 3.05) is 5.32 Å². The molecule has 94 valence electrons. The van der Waals surface area contributed by atoms with Gasteiger partial charge in [-0.15, -0.1) is 0 Å². The quantitative estimate of drug-likeness (QED) is 0.810. The number of hydrogen-bond donors (Lipinski definition) is 2. The Kier molecular flexibility index (Phi) is 4.30. The van der Waals surface area contributed by atoms with E-state index in [1.54, 1.807) is 0 Å². The van der Waals surface area contributed by atoms with Crippen LogP contribution in [0.5, 0.6) is 5.75 Å². The van der Waals surface area contributed by atoms with E-state index in [4.69, 9.17) is 0 Å². The first-order valence-corrected chi connectivity index (χ1v) is 7.13. The second kappa shape index (κ2) is 5.76. The van der Waals surface area contributed by atoms with Gasteiger partial charge in [0.05, 0.1) is 8.95 Å². The highest BCUT2D eigenvalue weighted by molar-refractivity contribution is 9.11. The summed E-state index contributed by atoms with van der Waals surface area (Å²) < 4.78 is 1.39. The number of nitrogens with one attached hydrogen (secondary N) is 1. The molecule has 0 atom stereocenters. The Balaban J connectivity index is 2.14. The smallest absolute Gasteiger partial charge is 0.143 e. The second-order valence-corrected chi connectivity index (χ2v) is 5.79. The molecule has 2 N–H and O–H groups in total. The van der Waals surface area contributed by atoms with Gasteiger partial charge < -0.3 is 10.4 Å². The zero-order chi connectivity index (χ0) is 13.1. The average molecular weight is 371 g/mol. The summed E-state index contributed by atoms with van der Waals surface area (Å²) in [4.78, 5) is 0. The summed E-state index contributed by atoms with van der Waals surface area (Å²) in [6, 6.07) is 12.0. The first-order valence-electron chi connectivity index (χ1n) is 5.54. The predicted molar refractivity (Wildman–Crippen MR) is 82.0 cm³/mol. The molecule has 0 fully saturated rings. The lowest BCUT2D eigenvalue weighted by molar-refractivity contribution is 0.468. The third kappa shape index (κ3) is 3.06. The van der Waals surface area contributed by atoms with Gasteiger partial charge in [0.25, 0.3) is 0 Å². The Hall–Kier alpha value is -1.000. The van der Waals surface area contributed by atoms with Gasteiger partial charge in [0.2, 0.25) is 0 Å². The molecule has 0 heterocycles. The minimum Gasteiger partial charge on any atom is -0.506 e. The number of aromatic hydroxyl groups is 1. The summed E-state index contributed by atoms with van der Waals surface area (Å²) in [5.74, 6) is 0.231. The van der Waals surface area contributed by atoms with Gasteiger partial charge in [0.1, 0.15) is 5.75 Å². The van der Waals surface area contributed by atoms with E-state index < -0.39 is 0 Å². The average Bonchev–Trinajstić information content (AvgIpc) is 2.35. The van der Waals surface area contributed by atoms with Gasteiger partial charge in [0, 0.05) is 12.2 Å². The van der Waals surface area contributed by atoms with Crippen LogP contribution >= 0.6 is 31.9 Å². The molecule has 0 saturated carbocycles. The molecule has 0 aliphatic carbocycles. The van der Waals surface area contributed by atoms with Crippen LogP contribution in [0.15, 0.2) is 45.3 Å². The molecule has 0 saturated heterocycles. The van der Waals surface area contributed by atoms with Gasteiger partial charge >= 0.3 is 0 Å². The molecule has 0 aromatic heterocycles. The van der Waals surface area contributed by atoms with E-state index in [2.05, 4.69) is 56.2 Å². The maximum Gasteiger partial charge on any atom is 0.143 e. The van der Waals surface area contributed by atoms with Crippen LogP contribution in [0.25, 0.3) is 0 Å². The zero-order valence-corrected chi connectivity index (χ0v) is 13.0. The van der Waals surface area contributed by atoms with Crippen molar-refractivity contribution in [2.45, 2.75) is 13.5 Å². The summed E-state index contributed by atoms with van der Waals surface area (Å²) in [6.07, 6.45) is 0. The Morgan fingerprint density at radius 2 is 1.72 bits per heavy atom. The number of phenolic OH excluding ortho intramolecular Hbond substituents is 1. The fourth-order valence-electron chi connectivity index (χ4n) is 1.69. The third-order valence-corrected chi connectivity index (χ3v) is 3.91. The van der Waals surface area contributed by atoms with Crippen LogP contribution in [-0.2, 0) is 6.54 Å². The van der Waals surface area contributed by atoms with E-state index in [1.807, 2.05) is 24.3 Å². The number of para-hydroxylation sites is 1. The van der Waals surface area contributed by atoms with Crippen LogP contribution in [0.2, 0.25) is 0 Å². The molecule has 0 spiro atoms. The minimum atomic E-state index is 0.231. The maximum absolute atomic E-state index is 9.65. The van der Waals surface area contributed by atoms with Gasteiger partial charge in [-0.1, -0.05) is 18.2 Å². The molecule has 0 amide bonds. The van der Waals surface area contributed by atoms with Crippen molar-refractivity contribution in [3.63, 3.8) is 0 Å². The lowest BCUT2D eigenvalue weighted by Gasteiger charge is -2.10. The molecule has 0 unspecified atom stereocenters. The largest absolute Gasteiger partial charge is 0.506 e. The highest BCUT2D eigenvalue weighted by Crippen LogP contribution is 2.33. The number of benzene rings is 2. The van der Waals surface area contributed by atoms with Crippen LogP contribution in [-0.4, -0.2) is 5.11 Å². The summed E-state index contributed by atoms with van der Waals surface area (Å²) in [5.41, 5.74) is 3.43. The summed E-state index contributed by atoms with van der Waals surface area (Å²) >= 11 is 6.66. The monoisotopic (exact) mass is 369 g/mol. The first-order chi connectivity index (χ1) is 8.58. The van der Waals surface area contributed by atoms with E-state index in [-0.39, 0.29) is 5.75 Å². The summed E-state index contributed by atoms with van der Waals surface area (Å²) in [7, 11) is 0. The highest BCUT2D eigenvalue weighted by atomic mass is 79.9. The Bertz CT molecular complexity index is 546. The van der Waals surface area contributed by atoms with Gasteiger partial charge in [-0.2, -0.15) is 0 Å². The normalized spacial score (nSPS) is 10.4. The van der Waals surface area contributed by atoms with Gasteiger partial charge in [-0.3, -0.25) is 0 Å². The van der Waals surface area contributed by atoms with Crippen LogP contribution in [0.1, 0.15) is 11.1 Å². The molecule has 0 aliphatic heterocycles. The Morgan fingerprint density at radius 1 is 1.11 bits per heavy atom. The lowest BCUT2D eigenvalue weighted by atomic mass is 10.1. The Morgan fingerprint density at radius 3 is 2.33 bits per heavy atom. The topological polar surface area (TPSA) is 32.3 Å². The fourth-order valence-corrected chi connectivity index (χ4v) is 2.97. The Labute approximate surface area is 123 Å². The fraction of sp³-hybridized carbons (Fsp3) is 0.143. The zero-order valence-electron chi connectivity index (χ0n) is 9.87. The lowest BCUT2D eigenvalue weighted by Crippen LogP contribution is -2.01. The number of aryl methyl sites for hydroxylation is 1. The molecule has 0 radical (unpaired) electrons. The number of anilines is 1. The van der Waals surface area contributed by atoms with Crippen molar-refractivity contribution < 1.29 is 5.11 Å². The van der Waals surface area contributed by atoms with Crippen LogP contribution < -0.4 is 5.32 Å². The van der Waals surface area contributed by atoms with Crippen molar-refractivity contribution in [2.24, 2.45) is 0 Å². The predicted octanol–water partition coefficient (Wildman–Crippen LogP) is 4.84. The molecule has 2 aromatic carbocycles. The molecular weight excluding hydrogens is 358 g/mol. The van der Waals surface area contributed by atoms with Crippen LogP contribution in [0.4, 0.5) is 5.69 Å². The van der Waals surface area contributed by atoms with Gasteiger partial charge in [-0.05, 0) is 68.1 Å². The van der Waals surface area contributed by atoms with E-state index in [9.17, 15) is 5.11 Å². The van der Waals surface area contributed by atoms with Crippen molar-refractivity contribution >= 4 is 37.5 Å². The number of rotatable bonds is 3. The molecule has 0 bridgehead atoms. The van der Waals surface area contributed by atoms with E-state index in [1.165, 1.54) is 5.56 Å². The first kappa shape index (κ1) is 13.4. The van der Waals surface area contributed by atoms with Crippen molar-refractivity contribution in [1.82, 2.24) is 0 Å². The van der Waals surface area contributed by atoms with Gasteiger partial charge in [0.15, 0.2) is 0 Å². The molecule has 2 aromatic rings. The molecule has 2 nitrogen and oxygen atoms in total. The number of halogens is 2. The second-order valence-electron chi connectivity index (χ2n) is 4.08.